The first-order valence-electron chi connectivity index (χ1n) is 7.39. The quantitative estimate of drug-likeness (QED) is 0.468. The van der Waals surface area contributed by atoms with E-state index in [-0.39, 0.29) is 0 Å². The van der Waals surface area contributed by atoms with E-state index in [0.29, 0.717) is 21.8 Å². The SMILES string of the molecule is N#Cc1ccc(-c2cccc(C(F)(F)F)c2)nc1Sc1ccc(Br)cc1. The predicted octanol–water partition coefficient (Wildman–Crippen LogP) is 6.55. The molecule has 0 aliphatic rings. The van der Waals surface area contributed by atoms with Gasteiger partial charge in [-0.3, -0.25) is 0 Å². The van der Waals surface area contributed by atoms with Crippen molar-refractivity contribution >= 4 is 27.7 Å². The first-order chi connectivity index (χ1) is 12.4. The summed E-state index contributed by atoms with van der Waals surface area (Å²) in [4.78, 5) is 5.29. The Balaban J connectivity index is 2.00. The summed E-state index contributed by atoms with van der Waals surface area (Å²) in [6.45, 7) is 0. The zero-order valence-electron chi connectivity index (χ0n) is 13.1. The van der Waals surface area contributed by atoms with Crippen LogP contribution in [0, 0.1) is 11.3 Å². The van der Waals surface area contributed by atoms with Crippen LogP contribution in [0.1, 0.15) is 11.1 Å². The molecule has 0 radical (unpaired) electrons. The summed E-state index contributed by atoms with van der Waals surface area (Å²) in [5, 5.41) is 9.74. The number of hydrogen-bond donors (Lipinski definition) is 0. The van der Waals surface area contributed by atoms with Crippen molar-refractivity contribution in [3.63, 3.8) is 0 Å². The smallest absolute Gasteiger partial charge is 0.240 e. The third-order valence-corrected chi connectivity index (χ3v) is 5.04. The summed E-state index contributed by atoms with van der Waals surface area (Å²) in [5.41, 5.74) is 0.369. The van der Waals surface area contributed by atoms with Gasteiger partial charge in [0.05, 0.1) is 16.8 Å². The maximum Gasteiger partial charge on any atom is 0.416 e. The van der Waals surface area contributed by atoms with Gasteiger partial charge in [0, 0.05) is 14.9 Å². The lowest BCUT2D eigenvalue weighted by Crippen LogP contribution is -2.04. The fraction of sp³-hybridized carbons (Fsp3) is 0.0526. The van der Waals surface area contributed by atoms with E-state index in [2.05, 4.69) is 27.0 Å². The topological polar surface area (TPSA) is 36.7 Å². The van der Waals surface area contributed by atoms with Crippen LogP contribution in [0.3, 0.4) is 0 Å². The highest BCUT2D eigenvalue weighted by molar-refractivity contribution is 9.10. The van der Waals surface area contributed by atoms with Crippen molar-refractivity contribution in [2.75, 3.05) is 0 Å². The second kappa shape index (κ2) is 7.52. The zero-order valence-corrected chi connectivity index (χ0v) is 15.5. The highest BCUT2D eigenvalue weighted by Gasteiger charge is 2.30. The minimum absolute atomic E-state index is 0.349. The van der Waals surface area contributed by atoms with E-state index < -0.39 is 11.7 Å². The number of hydrogen-bond acceptors (Lipinski definition) is 3. The number of alkyl halides is 3. The average molecular weight is 435 g/mol. The predicted molar refractivity (Wildman–Crippen MR) is 97.7 cm³/mol. The Hall–Kier alpha value is -2.30. The molecular weight excluding hydrogens is 425 g/mol. The average Bonchev–Trinajstić information content (AvgIpc) is 2.63. The number of aromatic nitrogens is 1. The minimum Gasteiger partial charge on any atom is -0.240 e. The Morgan fingerprint density at radius 3 is 2.38 bits per heavy atom. The molecule has 26 heavy (non-hydrogen) atoms. The van der Waals surface area contributed by atoms with Crippen LogP contribution >= 0.6 is 27.7 Å². The van der Waals surface area contributed by atoms with Gasteiger partial charge in [0.25, 0.3) is 0 Å². The molecular formula is C19H10BrF3N2S. The van der Waals surface area contributed by atoms with Crippen LogP contribution in [0.25, 0.3) is 11.3 Å². The van der Waals surface area contributed by atoms with Crippen molar-refractivity contribution in [2.45, 2.75) is 16.1 Å². The van der Waals surface area contributed by atoms with Crippen LogP contribution in [-0.4, -0.2) is 4.98 Å². The molecule has 0 aliphatic heterocycles. The van der Waals surface area contributed by atoms with Gasteiger partial charge >= 0.3 is 6.18 Å². The molecule has 0 fully saturated rings. The number of pyridine rings is 1. The summed E-state index contributed by atoms with van der Waals surface area (Å²) in [7, 11) is 0. The van der Waals surface area contributed by atoms with E-state index >= 15 is 0 Å². The third-order valence-electron chi connectivity index (χ3n) is 3.49. The van der Waals surface area contributed by atoms with Gasteiger partial charge in [0.1, 0.15) is 11.1 Å². The van der Waals surface area contributed by atoms with E-state index in [1.54, 1.807) is 18.2 Å². The van der Waals surface area contributed by atoms with Gasteiger partial charge in [-0.1, -0.05) is 39.8 Å². The number of benzene rings is 2. The van der Waals surface area contributed by atoms with Crippen LogP contribution in [0.5, 0.6) is 0 Å². The van der Waals surface area contributed by atoms with Crippen molar-refractivity contribution < 1.29 is 13.2 Å². The van der Waals surface area contributed by atoms with Crippen LogP contribution < -0.4 is 0 Å². The molecule has 2 nitrogen and oxygen atoms in total. The molecule has 3 rings (SSSR count). The van der Waals surface area contributed by atoms with Gasteiger partial charge < -0.3 is 0 Å². The normalized spacial score (nSPS) is 11.2. The Labute approximate surface area is 160 Å². The van der Waals surface area contributed by atoms with E-state index in [0.717, 1.165) is 21.5 Å². The summed E-state index contributed by atoms with van der Waals surface area (Å²) >= 11 is 4.64. The highest BCUT2D eigenvalue weighted by atomic mass is 79.9. The lowest BCUT2D eigenvalue weighted by molar-refractivity contribution is -0.137. The van der Waals surface area contributed by atoms with Crippen molar-refractivity contribution in [1.29, 1.82) is 5.26 Å². The molecule has 130 valence electrons. The Morgan fingerprint density at radius 1 is 1.00 bits per heavy atom. The molecule has 2 aromatic carbocycles. The summed E-state index contributed by atoms with van der Waals surface area (Å²) in [6, 6.07) is 17.7. The van der Waals surface area contributed by atoms with E-state index in [4.69, 9.17) is 0 Å². The highest BCUT2D eigenvalue weighted by Crippen LogP contribution is 2.34. The minimum atomic E-state index is -4.42. The molecule has 1 aromatic heterocycles. The van der Waals surface area contributed by atoms with E-state index in [1.807, 2.05) is 24.3 Å². The van der Waals surface area contributed by atoms with Gasteiger partial charge in [-0.05, 0) is 48.5 Å². The molecule has 1 heterocycles. The van der Waals surface area contributed by atoms with Crippen LogP contribution in [0.4, 0.5) is 13.2 Å². The standard InChI is InChI=1S/C19H10BrF3N2S/c20-15-5-7-16(8-6-15)26-18-13(11-24)4-9-17(25-18)12-2-1-3-14(10-12)19(21,22)23/h1-10H. The first-order valence-corrected chi connectivity index (χ1v) is 9.00. The lowest BCUT2D eigenvalue weighted by Gasteiger charge is -2.10. The number of halogens is 4. The molecule has 0 saturated heterocycles. The van der Waals surface area contributed by atoms with Gasteiger partial charge in [0.2, 0.25) is 0 Å². The molecule has 0 saturated carbocycles. The maximum atomic E-state index is 12.9. The molecule has 0 unspecified atom stereocenters. The number of rotatable bonds is 3. The van der Waals surface area contributed by atoms with Crippen molar-refractivity contribution in [3.8, 4) is 17.3 Å². The van der Waals surface area contributed by atoms with Crippen LogP contribution in [0.2, 0.25) is 0 Å². The van der Waals surface area contributed by atoms with Crippen LogP contribution in [-0.2, 0) is 6.18 Å². The summed E-state index contributed by atoms with van der Waals surface area (Å²) < 4.78 is 39.7. The summed E-state index contributed by atoms with van der Waals surface area (Å²) in [6.07, 6.45) is -4.42. The Bertz CT molecular complexity index is 979. The third kappa shape index (κ3) is 4.26. The monoisotopic (exact) mass is 434 g/mol. The summed E-state index contributed by atoms with van der Waals surface area (Å²) in [5.74, 6) is 0. The van der Waals surface area contributed by atoms with E-state index in [1.165, 1.54) is 17.8 Å². The molecule has 3 aromatic rings. The number of nitrogens with zero attached hydrogens (tertiary/aromatic N) is 2. The van der Waals surface area contributed by atoms with Crippen molar-refractivity contribution in [3.05, 3.63) is 76.3 Å². The number of nitriles is 1. The second-order valence-corrected chi connectivity index (χ2v) is 7.27. The molecule has 0 bridgehead atoms. The Kier molecular flexibility index (Phi) is 5.35. The van der Waals surface area contributed by atoms with Gasteiger partial charge in [-0.25, -0.2) is 4.98 Å². The molecule has 0 aliphatic carbocycles. The van der Waals surface area contributed by atoms with Crippen LogP contribution in [0.15, 0.2) is 75.1 Å². The largest absolute Gasteiger partial charge is 0.416 e. The van der Waals surface area contributed by atoms with Gasteiger partial charge in [-0.2, -0.15) is 18.4 Å². The Morgan fingerprint density at radius 2 is 1.73 bits per heavy atom. The van der Waals surface area contributed by atoms with Gasteiger partial charge in [0.15, 0.2) is 0 Å². The lowest BCUT2D eigenvalue weighted by atomic mass is 10.1. The fourth-order valence-electron chi connectivity index (χ4n) is 2.23. The zero-order chi connectivity index (χ0) is 18.7. The fourth-order valence-corrected chi connectivity index (χ4v) is 3.36. The first kappa shape index (κ1) is 18.5. The molecule has 7 heteroatoms. The van der Waals surface area contributed by atoms with Crippen molar-refractivity contribution in [1.82, 2.24) is 4.98 Å². The molecule has 0 spiro atoms. The van der Waals surface area contributed by atoms with Gasteiger partial charge in [-0.15, -0.1) is 0 Å². The maximum absolute atomic E-state index is 12.9. The second-order valence-electron chi connectivity index (χ2n) is 5.30. The molecule has 0 amide bonds. The molecule has 0 atom stereocenters. The van der Waals surface area contributed by atoms with Crippen molar-refractivity contribution in [2.24, 2.45) is 0 Å². The van der Waals surface area contributed by atoms with E-state index in [9.17, 15) is 18.4 Å². The molecule has 0 N–H and O–H groups in total.